The Morgan fingerprint density at radius 2 is 2.28 bits per heavy atom. The summed E-state index contributed by atoms with van der Waals surface area (Å²) in [4.78, 5) is 24.1. The third kappa shape index (κ3) is 3.75. The molecule has 0 aliphatic carbocycles. The van der Waals surface area contributed by atoms with Crippen molar-refractivity contribution in [3.05, 3.63) is 50.8 Å². The lowest BCUT2D eigenvalue weighted by molar-refractivity contribution is -0.407. The molecule has 0 saturated carbocycles. The van der Waals surface area contributed by atoms with Gasteiger partial charge in [0.1, 0.15) is 0 Å². The molecule has 0 spiro atoms. The number of quaternary nitrogens is 1. The molecule has 10 nitrogen and oxygen atoms in total. The van der Waals surface area contributed by atoms with Crippen LogP contribution in [-0.4, -0.2) is 42.5 Å². The fraction of sp³-hybridized carbons (Fsp3) is 0.214. The highest BCUT2D eigenvalue weighted by Gasteiger charge is 2.26. The number of H-pyrrole nitrogens is 1. The van der Waals surface area contributed by atoms with E-state index in [4.69, 9.17) is 21.2 Å². The van der Waals surface area contributed by atoms with Gasteiger partial charge in [0.2, 0.25) is 11.6 Å². The van der Waals surface area contributed by atoms with Crippen molar-refractivity contribution in [2.24, 2.45) is 0 Å². The minimum atomic E-state index is -1.12. The molecular formula is C14H14ClN6O4+. The fourth-order valence-electron chi connectivity index (χ4n) is 2.22. The van der Waals surface area contributed by atoms with Crippen LogP contribution in [0.25, 0.3) is 11.6 Å². The monoisotopic (exact) mass is 365 g/mol. The average Bonchev–Trinajstić information content (AvgIpc) is 3.15. The lowest BCUT2D eigenvalue weighted by atomic mass is 10.1. The van der Waals surface area contributed by atoms with E-state index in [1.54, 1.807) is 18.2 Å². The highest BCUT2D eigenvalue weighted by Crippen LogP contribution is 2.17. The van der Waals surface area contributed by atoms with E-state index in [-0.39, 0.29) is 23.6 Å². The van der Waals surface area contributed by atoms with Gasteiger partial charge in [-0.05, 0) is 22.9 Å². The molecule has 0 radical (unpaired) electrons. The number of tetrazole rings is 1. The first-order chi connectivity index (χ1) is 11.9. The summed E-state index contributed by atoms with van der Waals surface area (Å²) < 4.78 is 5.09. The molecule has 3 aromatic rings. The van der Waals surface area contributed by atoms with Gasteiger partial charge in [0, 0.05) is 11.4 Å². The number of carboxylic acid groups (broad SMARTS) is 1. The van der Waals surface area contributed by atoms with Gasteiger partial charge in [0.15, 0.2) is 6.04 Å². The highest BCUT2D eigenvalue weighted by molar-refractivity contribution is 6.30. The quantitative estimate of drug-likeness (QED) is 0.534. The predicted molar refractivity (Wildman–Crippen MR) is 84.7 cm³/mol. The molecule has 5 N–H and O–H groups in total. The number of hydrogen-bond donors (Lipinski definition) is 3. The first kappa shape index (κ1) is 16.9. The van der Waals surface area contributed by atoms with Crippen LogP contribution in [-0.2, 0) is 17.8 Å². The number of carbonyl (C=O) groups is 1. The van der Waals surface area contributed by atoms with E-state index in [0.717, 1.165) is 5.56 Å². The predicted octanol–water partition coefficient (Wildman–Crippen LogP) is -0.439. The second-order valence-electron chi connectivity index (χ2n) is 5.35. The Bertz CT molecular complexity index is 962. The van der Waals surface area contributed by atoms with E-state index in [2.05, 4.69) is 26.3 Å². The van der Waals surface area contributed by atoms with Crippen LogP contribution < -0.4 is 11.3 Å². The standard InChI is InChI=1S/C14H13ClN6O4/c15-8-3-1-2-7(4-8)6-21-18-12(17-20-21)11-9(13(22)19-25-11)5-10(16)14(23)24/h1-4,10H,5-6,16H2,(H,19,22)(H,23,24)/p+1/t10-/m0/s1. The lowest BCUT2D eigenvalue weighted by Gasteiger charge is -2.00. The van der Waals surface area contributed by atoms with Crippen LogP contribution in [0.1, 0.15) is 11.1 Å². The molecule has 1 aromatic carbocycles. The summed E-state index contributed by atoms with van der Waals surface area (Å²) in [5, 5.41) is 23.6. The van der Waals surface area contributed by atoms with Crippen molar-refractivity contribution in [1.29, 1.82) is 0 Å². The van der Waals surface area contributed by atoms with Gasteiger partial charge in [-0.25, -0.2) is 4.79 Å². The van der Waals surface area contributed by atoms with E-state index in [1.165, 1.54) is 4.80 Å². The molecule has 3 rings (SSSR count). The van der Waals surface area contributed by atoms with Gasteiger partial charge in [-0.3, -0.25) is 4.79 Å². The zero-order valence-electron chi connectivity index (χ0n) is 12.8. The number of aromatic nitrogens is 5. The van der Waals surface area contributed by atoms with Crippen molar-refractivity contribution in [2.45, 2.75) is 19.0 Å². The van der Waals surface area contributed by atoms with Crippen molar-refractivity contribution >= 4 is 17.6 Å². The van der Waals surface area contributed by atoms with E-state index in [9.17, 15) is 9.59 Å². The number of carboxylic acids is 1. The Balaban J connectivity index is 1.85. The summed E-state index contributed by atoms with van der Waals surface area (Å²) in [6.07, 6.45) is -0.112. The van der Waals surface area contributed by atoms with Crippen LogP contribution in [0.5, 0.6) is 0 Å². The van der Waals surface area contributed by atoms with E-state index < -0.39 is 17.6 Å². The summed E-state index contributed by atoms with van der Waals surface area (Å²) in [6.45, 7) is 0.324. The van der Waals surface area contributed by atoms with Crippen molar-refractivity contribution in [2.75, 3.05) is 0 Å². The topological polar surface area (TPSA) is 155 Å². The molecule has 130 valence electrons. The summed E-state index contributed by atoms with van der Waals surface area (Å²) in [6, 6.07) is 6.19. The number of halogens is 1. The van der Waals surface area contributed by atoms with Crippen LogP contribution >= 0.6 is 11.6 Å². The summed E-state index contributed by atoms with van der Waals surface area (Å²) in [5.74, 6) is -0.991. The Morgan fingerprint density at radius 1 is 1.48 bits per heavy atom. The van der Waals surface area contributed by atoms with E-state index in [0.29, 0.717) is 11.6 Å². The Labute approximate surface area is 145 Å². The van der Waals surface area contributed by atoms with Crippen molar-refractivity contribution in [1.82, 2.24) is 25.4 Å². The molecule has 1 atom stereocenters. The van der Waals surface area contributed by atoms with Crippen molar-refractivity contribution in [3.8, 4) is 11.6 Å². The maximum absolute atomic E-state index is 11.8. The number of nitrogens with one attached hydrogen (secondary N) is 1. The van der Waals surface area contributed by atoms with Crippen molar-refractivity contribution in [3.63, 3.8) is 0 Å². The second kappa shape index (κ2) is 6.87. The number of benzene rings is 1. The fourth-order valence-corrected chi connectivity index (χ4v) is 2.44. The van der Waals surface area contributed by atoms with Gasteiger partial charge in [-0.1, -0.05) is 23.7 Å². The molecule has 0 bridgehead atoms. The first-order valence-corrected chi connectivity index (χ1v) is 7.60. The molecular weight excluding hydrogens is 352 g/mol. The number of aromatic amines is 1. The minimum absolute atomic E-state index is 0.0530. The molecule has 0 saturated heterocycles. The third-order valence-corrected chi connectivity index (χ3v) is 3.70. The van der Waals surface area contributed by atoms with Crippen LogP contribution in [0.2, 0.25) is 5.02 Å². The zero-order valence-corrected chi connectivity index (χ0v) is 13.6. The third-order valence-electron chi connectivity index (χ3n) is 3.46. The normalized spacial score (nSPS) is 12.2. The van der Waals surface area contributed by atoms with Gasteiger partial charge in [-0.2, -0.15) is 9.95 Å². The summed E-state index contributed by atoms with van der Waals surface area (Å²) in [7, 11) is 0. The van der Waals surface area contributed by atoms with Gasteiger partial charge < -0.3 is 15.4 Å². The van der Waals surface area contributed by atoms with Gasteiger partial charge in [-0.15, -0.1) is 10.2 Å². The largest absolute Gasteiger partial charge is 0.477 e. The Kier molecular flexibility index (Phi) is 4.63. The molecule has 0 aliphatic heterocycles. The van der Waals surface area contributed by atoms with Gasteiger partial charge in [0.05, 0.1) is 12.1 Å². The molecule has 11 heteroatoms. The van der Waals surface area contributed by atoms with E-state index >= 15 is 0 Å². The molecule has 0 fully saturated rings. The molecule has 25 heavy (non-hydrogen) atoms. The molecule has 0 unspecified atom stereocenters. The molecule has 0 aliphatic rings. The lowest BCUT2D eigenvalue weighted by Crippen LogP contribution is -2.66. The number of nitrogens with zero attached hydrogens (tertiary/aromatic N) is 4. The number of hydrogen-bond acceptors (Lipinski definition) is 6. The zero-order chi connectivity index (χ0) is 18.0. The number of rotatable bonds is 6. The van der Waals surface area contributed by atoms with Crippen LogP contribution in [0.3, 0.4) is 0 Å². The summed E-state index contributed by atoms with van der Waals surface area (Å²) >= 11 is 5.94. The molecule has 2 heterocycles. The van der Waals surface area contributed by atoms with Crippen molar-refractivity contribution < 1.29 is 20.2 Å². The number of aliphatic carboxylic acids is 1. The van der Waals surface area contributed by atoms with Gasteiger partial charge in [0.25, 0.3) is 5.56 Å². The Morgan fingerprint density at radius 3 is 3.00 bits per heavy atom. The maximum atomic E-state index is 11.8. The van der Waals surface area contributed by atoms with Gasteiger partial charge >= 0.3 is 5.97 Å². The SMILES string of the molecule is [NH3+][C@@H](Cc1c(-c2nnn(Cc3cccc(Cl)c3)n2)o[nH]c1=O)C(=O)O. The Hall–Kier alpha value is -2.98. The van der Waals surface area contributed by atoms with E-state index in [1.807, 2.05) is 6.07 Å². The van der Waals surface area contributed by atoms with Crippen LogP contribution in [0, 0.1) is 0 Å². The highest BCUT2D eigenvalue weighted by atomic mass is 35.5. The smallest absolute Gasteiger partial charge is 0.362 e. The van der Waals surface area contributed by atoms with Crippen LogP contribution in [0.4, 0.5) is 0 Å². The molecule has 0 amide bonds. The average molecular weight is 366 g/mol. The van der Waals surface area contributed by atoms with Crippen LogP contribution in [0.15, 0.2) is 33.6 Å². The minimum Gasteiger partial charge on any atom is -0.477 e. The summed E-state index contributed by atoms with van der Waals surface area (Å²) in [5.41, 5.74) is 3.93. The maximum Gasteiger partial charge on any atom is 0.362 e. The first-order valence-electron chi connectivity index (χ1n) is 7.23. The molecule has 2 aromatic heterocycles. The second-order valence-corrected chi connectivity index (χ2v) is 5.79.